The zero-order chi connectivity index (χ0) is 22.1. The summed E-state index contributed by atoms with van der Waals surface area (Å²) < 4.78 is 1.81. The van der Waals surface area contributed by atoms with E-state index in [1.165, 1.54) is 12.8 Å². The summed E-state index contributed by atoms with van der Waals surface area (Å²) in [5.74, 6) is 1.91. The smallest absolute Gasteiger partial charge is 0.253 e. The second-order valence-corrected chi connectivity index (χ2v) is 9.43. The summed E-state index contributed by atoms with van der Waals surface area (Å²) in [4.78, 5) is 21.9. The quantitative estimate of drug-likeness (QED) is 0.493. The minimum absolute atomic E-state index is 0.100. The van der Waals surface area contributed by atoms with Crippen molar-refractivity contribution in [1.29, 1.82) is 0 Å². The number of fused-ring (bicyclic) bond motifs is 1. The largest absolute Gasteiger partial charge is 0.349 e. The van der Waals surface area contributed by atoms with Crippen LogP contribution in [-0.4, -0.2) is 26.5 Å². The molecule has 0 radical (unpaired) electrons. The number of aromatic nitrogens is 3. The van der Waals surface area contributed by atoms with E-state index < -0.39 is 0 Å². The van der Waals surface area contributed by atoms with Crippen LogP contribution in [0.2, 0.25) is 10.0 Å². The Bertz CT molecular complexity index is 1080. The van der Waals surface area contributed by atoms with Crippen molar-refractivity contribution in [2.75, 3.05) is 5.32 Å². The normalized spacial score (nSPS) is 19.0. The maximum atomic E-state index is 12.8. The van der Waals surface area contributed by atoms with Crippen LogP contribution in [0.4, 0.5) is 11.6 Å². The van der Waals surface area contributed by atoms with Gasteiger partial charge in [-0.05, 0) is 55.7 Å². The number of anilines is 2. The Labute approximate surface area is 192 Å². The number of rotatable bonds is 5. The van der Waals surface area contributed by atoms with Crippen molar-refractivity contribution >= 4 is 51.9 Å². The van der Waals surface area contributed by atoms with Crippen LogP contribution in [0, 0.1) is 11.8 Å². The predicted molar refractivity (Wildman–Crippen MR) is 126 cm³/mol. The Morgan fingerprint density at radius 1 is 1.16 bits per heavy atom. The van der Waals surface area contributed by atoms with E-state index in [4.69, 9.17) is 23.2 Å². The van der Waals surface area contributed by atoms with Crippen molar-refractivity contribution in [3.05, 3.63) is 46.1 Å². The molecule has 1 amide bonds. The Balaban J connectivity index is 1.50. The van der Waals surface area contributed by atoms with E-state index >= 15 is 0 Å². The summed E-state index contributed by atoms with van der Waals surface area (Å²) >= 11 is 12.5. The van der Waals surface area contributed by atoms with Gasteiger partial charge in [-0.1, -0.05) is 43.1 Å². The third-order valence-corrected chi connectivity index (χ3v) is 6.85. The average Bonchev–Trinajstić information content (AvgIpc) is 3.06. The van der Waals surface area contributed by atoms with Gasteiger partial charge in [0, 0.05) is 19.3 Å². The number of amides is 1. The molecule has 2 aromatic heterocycles. The molecule has 3 aromatic rings. The molecule has 0 bridgehead atoms. The molecule has 2 heterocycles. The molecule has 0 atom stereocenters. The van der Waals surface area contributed by atoms with Crippen molar-refractivity contribution in [3.63, 3.8) is 0 Å². The molecule has 0 unspecified atom stereocenters. The minimum Gasteiger partial charge on any atom is -0.349 e. The summed E-state index contributed by atoms with van der Waals surface area (Å²) in [5.41, 5.74) is 2.39. The van der Waals surface area contributed by atoms with Gasteiger partial charge in [0.05, 0.1) is 21.3 Å². The van der Waals surface area contributed by atoms with Crippen LogP contribution < -0.4 is 10.6 Å². The van der Waals surface area contributed by atoms with Gasteiger partial charge < -0.3 is 10.6 Å². The number of benzene rings is 1. The maximum absolute atomic E-state index is 12.8. The highest BCUT2D eigenvalue weighted by atomic mass is 35.5. The topological polar surface area (TPSA) is 71.8 Å². The van der Waals surface area contributed by atoms with Gasteiger partial charge in [0.1, 0.15) is 5.52 Å². The van der Waals surface area contributed by atoms with Gasteiger partial charge >= 0.3 is 0 Å². The first kappa shape index (κ1) is 21.9. The molecule has 8 heteroatoms. The number of hydrogen-bond donors (Lipinski definition) is 2. The van der Waals surface area contributed by atoms with E-state index in [1.54, 1.807) is 30.5 Å². The second kappa shape index (κ2) is 9.05. The Kier molecular flexibility index (Phi) is 6.39. The molecule has 2 N–H and O–H groups in total. The van der Waals surface area contributed by atoms with E-state index in [2.05, 4.69) is 34.4 Å². The van der Waals surface area contributed by atoms with Crippen molar-refractivity contribution in [2.45, 2.75) is 45.6 Å². The fraction of sp³-hybridized carbons (Fsp3) is 0.435. The number of halogens is 2. The van der Waals surface area contributed by atoms with E-state index in [0.29, 0.717) is 44.3 Å². The van der Waals surface area contributed by atoms with Crippen LogP contribution in [0.5, 0.6) is 0 Å². The molecule has 0 saturated heterocycles. The monoisotopic (exact) mass is 459 g/mol. The van der Waals surface area contributed by atoms with Crippen LogP contribution in [0.15, 0.2) is 30.5 Å². The maximum Gasteiger partial charge on any atom is 0.253 e. The predicted octanol–water partition coefficient (Wildman–Crippen LogP) is 5.96. The van der Waals surface area contributed by atoms with Crippen molar-refractivity contribution < 1.29 is 4.79 Å². The summed E-state index contributed by atoms with van der Waals surface area (Å²) in [6, 6.07) is 7.30. The number of aryl methyl sites for hydroxylation is 1. The van der Waals surface area contributed by atoms with Crippen LogP contribution in [0.1, 0.15) is 49.9 Å². The molecule has 1 aliphatic rings. The highest BCUT2D eigenvalue weighted by Gasteiger charge is 2.25. The first-order valence-electron chi connectivity index (χ1n) is 10.7. The number of imidazole rings is 1. The van der Waals surface area contributed by atoms with E-state index in [1.807, 2.05) is 11.6 Å². The number of nitrogens with one attached hydrogen (secondary N) is 2. The van der Waals surface area contributed by atoms with Gasteiger partial charge in [0.15, 0.2) is 5.65 Å². The van der Waals surface area contributed by atoms with Gasteiger partial charge in [0.25, 0.3) is 5.91 Å². The van der Waals surface area contributed by atoms with Crippen LogP contribution >= 0.6 is 23.2 Å². The summed E-state index contributed by atoms with van der Waals surface area (Å²) in [6.45, 7) is 4.56. The lowest BCUT2D eigenvalue weighted by Gasteiger charge is -2.31. The molecule has 6 nitrogen and oxygen atoms in total. The van der Waals surface area contributed by atoms with Gasteiger partial charge in [-0.3, -0.25) is 9.36 Å². The number of carbonyl (C=O) groups is 1. The minimum atomic E-state index is -0.100. The van der Waals surface area contributed by atoms with E-state index in [9.17, 15) is 4.79 Å². The van der Waals surface area contributed by atoms with E-state index in [0.717, 1.165) is 18.8 Å². The lowest BCUT2D eigenvalue weighted by molar-refractivity contribution is 0.0917. The Morgan fingerprint density at radius 2 is 1.84 bits per heavy atom. The molecule has 0 spiro atoms. The standard InChI is InChI=1S/C23H27Cl2N5O/c1-13(2)14-7-9-16(10-8-14)27-22(31)15-11-19-21(26-12-15)30(3)23(28-19)29-20-17(24)5-4-6-18(20)25/h4-6,11-14,16H,7-10H2,1-3H3,(H,27,31)(H,28,29). The number of hydrogen-bond acceptors (Lipinski definition) is 4. The lowest BCUT2D eigenvalue weighted by Crippen LogP contribution is -2.38. The first-order valence-corrected chi connectivity index (χ1v) is 11.4. The lowest BCUT2D eigenvalue weighted by atomic mass is 9.79. The van der Waals surface area contributed by atoms with E-state index in [-0.39, 0.29) is 11.9 Å². The molecule has 31 heavy (non-hydrogen) atoms. The third kappa shape index (κ3) is 4.65. The molecule has 1 saturated carbocycles. The SMILES string of the molecule is CC(C)C1CCC(NC(=O)c2cnc3c(c2)nc(Nc2c(Cl)cccc2Cl)n3C)CC1. The third-order valence-electron chi connectivity index (χ3n) is 6.22. The Morgan fingerprint density at radius 3 is 2.48 bits per heavy atom. The highest BCUT2D eigenvalue weighted by molar-refractivity contribution is 6.39. The molecule has 1 aromatic carbocycles. The summed E-state index contributed by atoms with van der Waals surface area (Å²) in [7, 11) is 1.85. The molecule has 164 valence electrons. The zero-order valence-electron chi connectivity index (χ0n) is 18.0. The van der Waals surface area contributed by atoms with Gasteiger partial charge in [-0.15, -0.1) is 0 Å². The van der Waals surface area contributed by atoms with Crippen molar-refractivity contribution in [2.24, 2.45) is 18.9 Å². The van der Waals surface area contributed by atoms with Crippen molar-refractivity contribution in [3.8, 4) is 0 Å². The van der Waals surface area contributed by atoms with Crippen LogP contribution in [-0.2, 0) is 7.05 Å². The van der Waals surface area contributed by atoms with Crippen molar-refractivity contribution in [1.82, 2.24) is 19.9 Å². The number of pyridine rings is 1. The highest BCUT2D eigenvalue weighted by Crippen LogP contribution is 2.33. The molecule has 1 aliphatic carbocycles. The number of para-hydroxylation sites is 1. The second-order valence-electron chi connectivity index (χ2n) is 8.61. The van der Waals surface area contributed by atoms with Gasteiger partial charge in [-0.25, -0.2) is 9.97 Å². The van der Waals surface area contributed by atoms with Gasteiger partial charge in [-0.2, -0.15) is 0 Å². The van der Waals surface area contributed by atoms with Crippen LogP contribution in [0.25, 0.3) is 11.2 Å². The zero-order valence-corrected chi connectivity index (χ0v) is 19.5. The van der Waals surface area contributed by atoms with Gasteiger partial charge in [0.2, 0.25) is 5.95 Å². The fourth-order valence-electron chi connectivity index (χ4n) is 4.24. The number of carbonyl (C=O) groups excluding carboxylic acids is 1. The average molecular weight is 460 g/mol. The fourth-order valence-corrected chi connectivity index (χ4v) is 4.73. The Hall–Kier alpha value is -2.31. The molecular formula is C23H27Cl2N5O. The molecular weight excluding hydrogens is 433 g/mol. The van der Waals surface area contributed by atoms with Crippen LogP contribution in [0.3, 0.4) is 0 Å². The molecule has 0 aliphatic heterocycles. The molecule has 1 fully saturated rings. The number of nitrogens with zero attached hydrogens (tertiary/aromatic N) is 3. The summed E-state index contributed by atoms with van der Waals surface area (Å²) in [6.07, 6.45) is 5.99. The summed E-state index contributed by atoms with van der Waals surface area (Å²) in [5, 5.41) is 7.34. The molecule has 4 rings (SSSR count). The first-order chi connectivity index (χ1) is 14.8.